The lowest BCUT2D eigenvalue weighted by atomic mass is 10.2. The Balaban J connectivity index is 2.74. The summed E-state index contributed by atoms with van der Waals surface area (Å²) in [5, 5.41) is 9.74. The van der Waals surface area contributed by atoms with Gasteiger partial charge < -0.3 is 9.84 Å². The van der Waals surface area contributed by atoms with Crippen molar-refractivity contribution in [3.05, 3.63) is 12.2 Å². The van der Waals surface area contributed by atoms with Gasteiger partial charge in [-0.1, -0.05) is 6.08 Å². The van der Waals surface area contributed by atoms with Crippen LogP contribution in [0.3, 0.4) is 0 Å². The second kappa shape index (κ2) is 4.75. The molecule has 0 aromatic heterocycles. The number of ether oxygens (including phenoxy) is 1. The highest BCUT2D eigenvalue weighted by Gasteiger charge is 2.33. The van der Waals surface area contributed by atoms with E-state index in [9.17, 15) is 9.59 Å². The fourth-order valence-electron chi connectivity index (χ4n) is 1.24. The number of carbonyl (C=O) groups is 2. The number of hydrogen-bond acceptors (Lipinski definition) is 4. The highest BCUT2D eigenvalue weighted by atomic mass is 16.7. The molecule has 0 aliphatic carbocycles. The van der Waals surface area contributed by atoms with E-state index < -0.39 is 23.8 Å². The monoisotopic (exact) mass is 243 g/mol. The molecule has 96 valence electrons. The predicted molar refractivity (Wildman–Crippen MR) is 59.2 cm³/mol. The molecule has 2 unspecified atom stereocenters. The minimum absolute atomic E-state index is 0.361. The van der Waals surface area contributed by atoms with E-state index >= 15 is 0 Å². The van der Waals surface area contributed by atoms with E-state index in [1.807, 2.05) is 0 Å². The average Bonchev–Trinajstić information content (AvgIpc) is 2.14. The SMILES string of the molecule is CC1C=CC(C(=O)O)ON1C(=O)OC(C)(C)C. The molecule has 1 aliphatic heterocycles. The molecule has 0 bridgehead atoms. The molecule has 1 aliphatic rings. The number of carbonyl (C=O) groups excluding carboxylic acids is 1. The van der Waals surface area contributed by atoms with Gasteiger partial charge in [-0.3, -0.25) is 0 Å². The molecule has 6 nitrogen and oxygen atoms in total. The number of rotatable bonds is 1. The predicted octanol–water partition coefficient (Wildman–Crippen LogP) is 1.57. The zero-order valence-electron chi connectivity index (χ0n) is 10.3. The summed E-state index contributed by atoms with van der Waals surface area (Å²) < 4.78 is 5.11. The zero-order valence-corrected chi connectivity index (χ0v) is 10.3. The molecule has 6 heteroatoms. The minimum Gasteiger partial charge on any atom is -0.479 e. The third kappa shape index (κ3) is 3.74. The normalized spacial score (nSPS) is 24.6. The van der Waals surface area contributed by atoms with Crippen molar-refractivity contribution in [1.82, 2.24) is 5.06 Å². The number of hydrogen-bond donors (Lipinski definition) is 1. The highest BCUT2D eigenvalue weighted by Crippen LogP contribution is 2.18. The van der Waals surface area contributed by atoms with E-state index in [4.69, 9.17) is 14.7 Å². The van der Waals surface area contributed by atoms with Gasteiger partial charge in [-0.15, -0.1) is 0 Å². The fourth-order valence-corrected chi connectivity index (χ4v) is 1.24. The van der Waals surface area contributed by atoms with Crippen molar-refractivity contribution >= 4 is 12.1 Å². The van der Waals surface area contributed by atoms with Crippen molar-refractivity contribution < 1.29 is 24.3 Å². The summed E-state index contributed by atoms with van der Waals surface area (Å²) >= 11 is 0. The Morgan fingerprint density at radius 3 is 2.41 bits per heavy atom. The molecule has 1 heterocycles. The van der Waals surface area contributed by atoms with Crippen molar-refractivity contribution in [3.63, 3.8) is 0 Å². The van der Waals surface area contributed by atoms with Gasteiger partial charge in [0.2, 0.25) is 6.10 Å². The fraction of sp³-hybridized carbons (Fsp3) is 0.636. The number of carboxylic acid groups (broad SMARTS) is 1. The van der Waals surface area contributed by atoms with Gasteiger partial charge in [-0.25, -0.2) is 14.4 Å². The summed E-state index contributed by atoms with van der Waals surface area (Å²) in [5.41, 5.74) is -0.653. The molecule has 0 saturated heterocycles. The molecular formula is C11H17NO5. The standard InChI is InChI=1S/C11H17NO5/c1-7-5-6-8(9(13)14)17-12(7)10(15)16-11(2,3)4/h5-8H,1-4H3,(H,13,14). The van der Waals surface area contributed by atoms with Crippen LogP contribution in [0.15, 0.2) is 12.2 Å². The quantitative estimate of drug-likeness (QED) is 0.707. The zero-order chi connectivity index (χ0) is 13.2. The minimum atomic E-state index is -1.15. The lowest BCUT2D eigenvalue weighted by Gasteiger charge is -2.33. The second-order valence-corrected chi connectivity index (χ2v) is 4.80. The van der Waals surface area contributed by atoms with Crippen LogP contribution in [0.2, 0.25) is 0 Å². The van der Waals surface area contributed by atoms with Gasteiger partial charge in [0.1, 0.15) is 5.60 Å². The highest BCUT2D eigenvalue weighted by molar-refractivity contribution is 5.76. The first-order valence-corrected chi connectivity index (χ1v) is 5.31. The van der Waals surface area contributed by atoms with Crippen LogP contribution >= 0.6 is 0 Å². The lowest BCUT2D eigenvalue weighted by molar-refractivity contribution is -0.200. The number of aliphatic carboxylic acids is 1. The number of nitrogens with zero attached hydrogens (tertiary/aromatic N) is 1. The van der Waals surface area contributed by atoms with Gasteiger partial charge in [0.05, 0.1) is 6.04 Å². The molecule has 1 amide bonds. The van der Waals surface area contributed by atoms with E-state index in [-0.39, 0.29) is 6.04 Å². The Morgan fingerprint density at radius 1 is 1.35 bits per heavy atom. The molecule has 0 aromatic rings. The molecule has 0 aromatic carbocycles. The summed E-state index contributed by atoms with van der Waals surface area (Å²) in [7, 11) is 0. The molecule has 0 spiro atoms. The van der Waals surface area contributed by atoms with Crippen LogP contribution in [-0.2, 0) is 14.4 Å². The Kier molecular flexibility index (Phi) is 3.77. The maximum absolute atomic E-state index is 11.7. The van der Waals surface area contributed by atoms with Gasteiger partial charge in [0, 0.05) is 0 Å². The van der Waals surface area contributed by atoms with Crippen LogP contribution in [0.5, 0.6) is 0 Å². The molecule has 0 saturated carbocycles. The number of amides is 1. The first kappa shape index (κ1) is 13.5. The largest absolute Gasteiger partial charge is 0.479 e. The Labute approximate surface area is 99.8 Å². The van der Waals surface area contributed by atoms with Crippen molar-refractivity contribution in [2.24, 2.45) is 0 Å². The van der Waals surface area contributed by atoms with Crippen LogP contribution < -0.4 is 0 Å². The number of hydroxylamine groups is 2. The summed E-state index contributed by atoms with van der Waals surface area (Å²) in [4.78, 5) is 27.5. The Bertz CT molecular complexity index is 344. The third-order valence-corrected chi connectivity index (χ3v) is 1.98. The van der Waals surface area contributed by atoms with Crippen LogP contribution in [0.4, 0.5) is 4.79 Å². The van der Waals surface area contributed by atoms with Gasteiger partial charge in [0.25, 0.3) is 0 Å². The Hall–Kier alpha value is -1.56. The van der Waals surface area contributed by atoms with Crippen molar-refractivity contribution in [2.45, 2.75) is 45.4 Å². The second-order valence-electron chi connectivity index (χ2n) is 4.80. The van der Waals surface area contributed by atoms with Gasteiger partial charge in [-0.05, 0) is 33.8 Å². The molecule has 1 N–H and O–H groups in total. The topological polar surface area (TPSA) is 76.1 Å². The third-order valence-electron chi connectivity index (χ3n) is 1.98. The molecule has 17 heavy (non-hydrogen) atoms. The number of carboxylic acids is 1. The summed E-state index contributed by atoms with van der Waals surface area (Å²) in [6, 6.07) is -0.361. The van der Waals surface area contributed by atoms with E-state index in [2.05, 4.69) is 0 Å². The molecule has 1 rings (SSSR count). The van der Waals surface area contributed by atoms with Gasteiger partial charge in [-0.2, -0.15) is 5.06 Å². The summed E-state index contributed by atoms with van der Waals surface area (Å²) in [6.07, 6.45) is 1.14. The summed E-state index contributed by atoms with van der Waals surface area (Å²) in [6.45, 7) is 6.89. The molecule has 2 atom stereocenters. The van der Waals surface area contributed by atoms with Gasteiger partial charge in [0.15, 0.2) is 0 Å². The van der Waals surface area contributed by atoms with Crippen LogP contribution in [-0.4, -0.2) is 40.0 Å². The summed E-state index contributed by atoms with van der Waals surface area (Å²) in [5.74, 6) is -1.15. The van der Waals surface area contributed by atoms with E-state index in [1.165, 1.54) is 6.08 Å². The molecule has 0 fully saturated rings. The van der Waals surface area contributed by atoms with Crippen LogP contribution in [0, 0.1) is 0 Å². The van der Waals surface area contributed by atoms with Crippen molar-refractivity contribution in [2.75, 3.05) is 0 Å². The first-order chi connectivity index (χ1) is 7.70. The molecular weight excluding hydrogens is 226 g/mol. The van der Waals surface area contributed by atoms with E-state index in [0.29, 0.717) is 0 Å². The van der Waals surface area contributed by atoms with E-state index in [0.717, 1.165) is 5.06 Å². The van der Waals surface area contributed by atoms with E-state index in [1.54, 1.807) is 33.8 Å². The molecule has 0 radical (unpaired) electrons. The van der Waals surface area contributed by atoms with Crippen molar-refractivity contribution in [3.8, 4) is 0 Å². The maximum Gasteiger partial charge on any atom is 0.435 e. The lowest BCUT2D eigenvalue weighted by Crippen LogP contribution is -2.47. The average molecular weight is 243 g/mol. The smallest absolute Gasteiger partial charge is 0.435 e. The van der Waals surface area contributed by atoms with Gasteiger partial charge >= 0.3 is 12.1 Å². The maximum atomic E-state index is 11.7. The van der Waals surface area contributed by atoms with Crippen LogP contribution in [0.25, 0.3) is 0 Å². The van der Waals surface area contributed by atoms with Crippen LogP contribution in [0.1, 0.15) is 27.7 Å². The first-order valence-electron chi connectivity index (χ1n) is 5.31. The van der Waals surface area contributed by atoms with Crippen molar-refractivity contribution in [1.29, 1.82) is 0 Å². The Morgan fingerprint density at radius 2 is 1.94 bits per heavy atom.